The zero-order valence-electron chi connectivity index (χ0n) is 13.6. The van der Waals surface area contributed by atoms with E-state index >= 15 is 0 Å². The summed E-state index contributed by atoms with van der Waals surface area (Å²) in [5.74, 6) is 0.947. The number of nitrogens with zero attached hydrogens (tertiary/aromatic N) is 2. The molecule has 0 amide bonds. The average Bonchev–Trinajstić information content (AvgIpc) is 2.50. The van der Waals surface area contributed by atoms with Crippen molar-refractivity contribution in [1.82, 2.24) is 9.80 Å². The van der Waals surface area contributed by atoms with Gasteiger partial charge in [0.05, 0.1) is 7.11 Å². The molecule has 1 aliphatic heterocycles. The molecule has 1 fully saturated rings. The second-order valence-electron chi connectivity index (χ2n) is 5.86. The van der Waals surface area contributed by atoms with Crippen LogP contribution in [0.3, 0.4) is 0 Å². The zero-order chi connectivity index (χ0) is 15.2. The van der Waals surface area contributed by atoms with Crippen LogP contribution in [0.25, 0.3) is 0 Å². The van der Waals surface area contributed by atoms with Crippen LogP contribution in [0.4, 0.5) is 0 Å². The number of hydrogen-bond donors (Lipinski definition) is 1. The fraction of sp³-hybridized carbons (Fsp3) is 0.647. The molecule has 4 heteroatoms. The smallest absolute Gasteiger partial charge is 0.121 e. The molecule has 2 rings (SSSR count). The summed E-state index contributed by atoms with van der Waals surface area (Å²) in [6, 6.07) is 6.75. The number of methoxy groups -OCH3 is 1. The van der Waals surface area contributed by atoms with Gasteiger partial charge in [0.2, 0.25) is 0 Å². The van der Waals surface area contributed by atoms with Crippen molar-refractivity contribution < 1.29 is 4.74 Å². The van der Waals surface area contributed by atoms with Gasteiger partial charge in [0.1, 0.15) is 5.75 Å². The second kappa shape index (κ2) is 7.78. The Hall–Kier alpha value is -1.10. The number of rotatable bonds is 6. The summed E-state index contributed by atoms with van der Waals surface area (Å²) in [6.07, 6.45) is 1.23. The lowest BCUT2D eigenvalue weighted by Crippen LogP contribution is -2.49. The van der Waals surface area contributed by atoms with Crippen LogP contribution in [0, 0.1) is 6.92 Å². The standard InChI is InChI=1S/C17H29N3O/c1-4-7-19-8-10-20(11-9-19)16(13-18)15-5-6-17(21-3)14(2)12-15/h5-6,12,16H,4,7-11,13,18H2,1-3H3. The third-order valence-corrected chi connectivity index (χ3v) is 4.41. The number of aryl methyl sites for hydroxylation is 1. The minimum absolute atomic E-state index is 0.318. The van der Waals surface area contributed by atoms with Gasteiger partial charge in [-0.25, -0.2) is 0 Å². The van der Waals surface area contributed by atoms with Crippen LogP contribution in [0.5, 0.6) is 5.75 Å². The van der Waals surface area contributed by atoms with E-state index in [0.717, 1.165) is 31.9 Å². The van der Waals surface area contributed by atoms with Crippen molar-refractivity contribution in [2.75, 3.05) is 46.4 Å². The Morgan fingerprint density at radius 1 is 1.24 bits per heavy atom. The SMILES string of the molecule is CCCN1CCN(C(CN)c2ccc(OC)c(C)c2)CC1. The molecule has 1 aromatic rings. The molecule has 1 unspecified atom stereocenters. The molecule has 0 saturated carbocycles. The van der Waals surface area contributed by atoms with Gasteiger partial charge in [0, 0.05) is 38.8 Å². The summed E-state index contributed by atoms with van der Waals surface area (Å²) in [5, 5.41) is 0. The number of ether oxygens (including phenoxy) is 1. The Bertz CT molecular complexity index is 442. The highest BCUT2D eigenvalue weighted by atomic mass is 16.5. The highest BCUT2D eigenvalue weighted by molar-refractivity contribution is 5.37. The van der Waals surface area contributed by atoms with Gasteiger partial charge in [-0.3, -0.25) is 4.90 Å². The monoisotopic (exact) mass is 291 g/mol. The van der Waals surface area contributed by atoms with Crippen molar-refractivity contribution in [2.24, 2.45) is 5.73 Å². The predicted molar refractivity (Wildman–Crippen MR) is 87.8 cm³/mol. The number of hydrogen-bond acceptors (Lipinski definition) is 4. The van der Waals surface area contributed by atoms with E-state index in [9.17, 15) is 0 Å². The lowest BCUT2D eigenvalue weighted by atomic mass is 10.0. The lowest BCUT2D eigenvalue weighted by molar-refractivity contribution is 0.0985. The highest BCUT2D eigenvalue weighted by Crippen LogP contribution is 2.26. The van der Waals surface area contributed by atoms with E-state index in [0.29, 0.717) is 12.6 Å². The Morgan fingerprint density at radius 3 is 2.48 bits per heavy atom. The maximum atomic E-state index is 6.06. The van der Waals surface area contributed by atoms with E-state index in [-0.39, 0.29) is 0 Å². The molecule has 0 aliphatic carbocycles. The first-order chi connectivity index (χ1) is 10.2. The quantitative estimate of drug-likeness (QED) is 0.871. The van der Waals surface area contributed by atoms with E-state index in [1.807, 2.05) is 0 Å². The molecule has 118 valence electrons. The zero-order valence-corrected chi connectivity index (χ0v) is 13.6. The maximum absolute atomic E-state index is 6.06. The molecule has 1 heterocycles. The van der Waals surface area contributed by atoms with Gasteiger partial charge in [-0.15, -0.1) is 0 Å². The Kier molecular flexibility index (Phi) is 6.03. The van der Waals surface area contributed by atoms with Crippen molar-refractivity contribution in [2.45, 2.75) is 26.3 Å². The first-order valence-corrected chi connectivity index (χ1v) is 8.00. The van der Waals surface area contributed by atoms with Crippen molar-refractivity contribution in [1.29, 1.82) is 0 Å². The van der Waals surface area contributed by atoms with E-state index in [2.05, 4.69) is 41.8 Å². The molecular formula is C17H29N3O. The molecule has 0 spiro atoms. The van der Waals surface area contributed by atoms with E-state index in [1.165, 1.54) is 24.1 Å². The predicted octanol–water partition coefficient (Wildman–Crippen LogP) is 2.03. The first kappa shape index (κ1) is 16.3. The summed E-state index contributed by atoms with van der Waals surface area (Å²) in [6.45, 7) is 10.7. The number of benzene rings is 1. The Balaban J connectivity index is 2.05. The second-order valence-corrected chi connectivity index (χ2v) is 5.86. The van der Waals surface area contributed by atoms with Crippen LogP contribution in [0.15, 0.2) is 18.2 Å². The fourth-order valence-corrected chi connectivity index (χ4v) is 3.22. The number of piperazine rings is 1. The fourth-order valence-electron chi connectivity index (χ4n) is 3.22. The summed E-state index contributed by atoms with van der Waals surface area (Å²) in [5.41, 5.74) is 8.55. The van der Waals surface area contributed by atoms with Gasteiger partial charge in [0.15, 0.2) is 0 Å². The molecule has 0 aromatic heterocycles. The van der Waals surface area contributed by atoms with Crippen molar-refractivity contribution in [3.63, 3.8) is 0 Å². The summed E-state index contributed by atoms with van der Waals surface area (Å²) >= 11 is 0. The van der Waals surface area contributed by atoms with Crippen LogP contribution in [-0.2, 0) is 0 Å². The molecule has 21 heavy (non-hydrogen) atoms. The lowest BCUT2D eigenvalue weighted by Gasteiger charge is -2.39. The van der Waals surface area contributed by atoms with Gasteiger partial charge >= 0.3 is 0 Å². The molecule has 1 aromatic carbocycles. The molecule has 1 aliphatic rings. The molecule has 1 atom stereocenters. The topological polar surface area (TPSA) is 41.7 Å². The van der Waals surface area contributed by atoms with Gasteiger partial charge in [-0.2, -0.15) is 0 Å². The molecule has 0 radical (unpaired) electrons. The highest BCUT2D eigenvalue weighted by Gasteiger charge is 2.24. The third-order valence-electron chi connectivity index (χ3n) is 4.41. The van der Waals surface area contributed by atoms with Crippen LogP contribution in [0.1, 0.15) is 30.5 Å². The third kappa shape index (κ3) is 3.96. The maximum Gasteiger partial charge on any atom is 0.121 e. The van der Waals surface area contributed by atoms with Gasteiger partial charge in [-0.05, 0) is 37.1 Å². The normalized spacial score (nSPS) is 18.7. The van der Waals surface area contributed by atoms with E-state index in [1.54, 1.807) is 7.11 Å². The van der Waals surface area contributed by atoms with Gasteiger partial charge in [0.25, 0.3) is 0 Å². The first-order valence-electron chi connectivity index (χ1n) is 8.00. The molecule has 1 saturated heterocycles. The minimum Gasteiger partial charge on any atom is -0.496 e. The minimum atomic E-state index is 0.318. The number of nitrogens with two attached hydrogens (primary N) is 1. The van der Waals surface area contributed by atoms with Crippen molar-refractivity contribution in [3.8, 4) is 5.75 Å². The molecule has 2 N–H and O–H groups in total. The Morgan fingerprint density at radius 2 is 1.95 bits per heavy atom. The molecule has 0 bridgehead atoms. The summed E-state index contributed by atoms with van der Waals surface area (Å²) in [7, 11) is 1.72. The van der Waals surface area contributed by atoms with Crippen LogP contribution in [-0.4, -0.2) is 56.2 Å². The van der Waals surface area contributed by atoms with Crippen molar-refractivity contribution >= 4 is 0 Å². The Labute approximate surface area is 128 Å². The van der Waals surface area contributed by atoms with E-state index < -0.39 is 0 Å². The van der Waals surface area contributed by atoms with Gasteiger partial charge < -0.3 is 15.4 Å². The van der Waals surface area contributed by atoms with E-state index in [4.69, 9.17) is 10.5 Å². The molecule has 4 nitrogen and oxygen atoms in total. The molecular weight excluding hydrogens is 262 g/mol. The van der Waals surface area contributed by atoms with Crippen LogP contribution < -0.4 is 10.5 Å². The summed E-state index contributed by atoms with van der Waals surface area (Å²) in [4.78, 5) is 5.07. The van der Waals surface area contributed by atoms with Crippen molar-refractivity contribution in [3.05, 3.63) is 29.3 Å². The van der Waals surface area contributed by atoms with Gasteiger partial charge in [-0.1, -0.05) is 19.1 Å². The van der Waals surface area contributed by atoms with Crippen LogP contribution in [0.2, 0.25) is 0 Å². The summed E-state index contributed by atoms with van der Waals surface area (Å²) < 4.78 is 5.35. The van der Waals surface area contributed by atoms with Crippen LogP contribution >= 0.6 is 0 Å². The largest absolute Gasteiger partial charge is 0.496 e. The average molecular weight is 291 g/mol.